The van der Waals surface area contributed by atoms with Gasteiger partial charge in [0.1, 0.15) is 36.7 Å². The Hall–Kier alpha value is -2.58. The second-order valence-electron chi connectivity index (χ2n) is 7.85. The summed E-state index contributed by atoms with van der Waals surface area (Å²) in [5.41, 5.74) is 1.03. The number of morpholine rings is 1. The fourth-order valence-corrected chi connectivity index (χ4v) is 4.03. The number of amides is 1. The lowest BCUT2D eigenvalue weighted by Gasteiger charge is -2.42. The van der Waals surface area contributed by atoms with Gasteiger partial charge in [0.2, 0.25) is 5.91 Å². The highest BCUT2D eigenvalue weighted by Gasteiger charge is 2.33. The molecule has 3 heterocycles. The molecule has 0 saturated carbocycles. The Kier molecular flexibility index (Phi) is 6.54. The molecule has 1 atom stereocenters. The summed E-state index contributed by atoms with van der Waals surface area (Å²) in [5.74, 6) is 1.12. The van der Waals surface area contributed by atoms with Gasteiger partial charge in [-0.25, -0.2) is 14.4 Å². The van der Waals surface area contributed by atoms with E-state index in [0.717, 1.165) is 44.0 Å². The first-order chi connectivity index (χ1) is 14.6. The molecule has 2 aliphatic heterocycles. The molecular weight excluding hydrogens is 387 g/mol. The van der Waals surface area contributed by atoms with Crippen LogP contribution in [0.25, 0.3) is 0 Å². The summed E-state index contributed by atoms with van der Waals surface area (Å²) in [6, 6.07) is 8.09. The smallest absolute Gasteiger partial charge is 0.248 e. The molecule has 8 heteroatoms. The molecule has 0 N–H and O–H groups in total. The Balaban J connectivity index is 1.27. The number of likely N-dealkylation sites (tertiary alicyclic amines) is 1. The van der Waals surface area contributed by atoms with E-state index < -0.39 is 0 Å². The number of rotatable bonds is 6. The Labute approximate surface area is 175 Å². The van der Waals surface area contributed by atoms with Crippen LogP contribution in [-0.2, 0) is 16.1 Å². The summed E-state index contributed by atoms with van der Waals surface area (Å²) in [6.07, 6.45) is 3.47. The van der Waals surface area contributed by atoms with Gasteiger partial charge in [-0.1, -0.05) is 0 Å². The fourth-order valence-electron chi connectivity index (χ4n) is 4.03. The lowest BCUT2D eigenvalue weighted by molar-refractivity contribution is -0.155. The number of nitrogens with zero attached hydrogens (tertiary/aromatic N) is 4. The first-order valence-corrected chi connectivity index (χ1v) is 10.4. The van der Waals surface area contributed by atoms with Crippen LogP contribution in [0.5, 0.6) is 5.75 Å². The minimum atomic E-state index is -0.297. The Morgan fingerprint density at radius 1 is 1.20 bits per heavy atom. The van der Waals surface area contributed by atoms with Crippen molar-refractivity contribution in [3.05, 3.63) is 53.9 Å². The predicted molar refractivity (Wildman–Crippen MR) is 108 cm³/mol. The zero-order valence-corrected chi connectivity index (χ0v) is 17.2. The third-order valence-electron chi connectivity index (χ3n) is 5.63. The number of ether oxygens (including phenoxy) is 2. The number of halogens is 1. The van der Waals surface area contributed by atoms with Gasteiger partial charge in [-0.3, -0.25) is 9.69 Å². The van der Waals surface area contributed by atoms with Gasteiger partial charge < -0.3 is 14.4 Å². The standard InChI is InChI=1S/C22H27FN4O3/c1-16-24-9-6-18(25-16)12-26-10-7-19(8-11-26)27-13-21(30-15-22(27)28)14-29-20-4-2-17(23)3-5-20/h2-6,9,19,21H,7-8,10-15H2,1H3. The number of aromatic nitrogens is 2. The van der Waals surface area contributed by atoms with E-state index in [9.17, 15) is 9.18 Å². The monoisotopic (exact) mass is 414 g/mol. The normalized spacial score (nSPS) is 21.1. The topological polar surface area (TPSA) is 67.8 Å². The van der Waals surface area contributed by atoms with Crippen LogP contribution in [0.4, 0.5) is 4.39 Å². The molecule has 0 aliphatic carbocycles. The van der Waals surface area contributed by atoms with Crippen LogP contribution >= 0.6 is 0 Å². The molecule has 0 bridgehead atoms. The average Bonchev–Trinajstić information content (AvgIpc) is 2.75. The number of piperidine rings is 1. The Morgan fingerprint density at radius 3 is 2.70 bits per heavy atom. The summed E-state index contributed by atoms with van der Waals surface area (Å²) in [4.78, 5) is 25.4. The van der Waals surface area contributed by atoms with E-state index in [1.165, 1.54) is 12.1 Å². The molecule has 1 aromatic heterocycles. The van der Waals surface area contributed by atoms with E-state index >= 15 is 0 Å². The zero-order chi connectivity index (χ0) is 20.9. The predicted octanol–water partition coefficient (Wildman–Crippen LogP) is 2.19. The van der Waals surface area contributed by atoms with Crippen molar-refractivity contribution in [1.29, 1.82) is 0 Å². The molecule has 4 rings (SSSR count). The van der Waals surface area contributed by atoms with Crippen LogP contribution in [0.2, 0.25) is 0 Å². The first-order valence-electron chi connectivity index (χ1n) is 10.4. The van der Waals surface area contributed by atoms with E-state index in [4.69, 9.17) is 9.47 Å². The Morgan fingerprint density at radius 2 is 1.97 bits per heavy atom. The molecule has 2 aliphatic rings. The summed E-state index contributed by atoms with van der Waals surface area (Å²) < 4.78 is 24.4. The van der Waals surface area contributed by atoms with Crippen LogP contribution in [0.3, 0.4) is 0 Å². The molecular formula is C22H27FN4O3. The maximum absolute atomic E-state index is 13.0. The van der Waals surface area contributed by atoms with Gasteiger partial charge in [-0.2, -0.15) is 0 Å². The SMILES string of the molecule is Cc1nccc(CN2CCC(N3CC(COc4ccc(F)cc4)OCC3=O)CC2)n1. The van der Waals surface area contributed by atoms with Gasteiger partial charge >= 0.3 is 0 Å². The molecule has 30 heavy (non-hydrogen) atoms. The van der Waals surface area contributed by atoms with Crippen molar-refractivity contribution in [3.63, 3.8) is 0 Å². The van der Waals surface area contributed by atoms with Crippen LogP contribution in [0.15, 0.2) is 36.5 Å². The molecule has 7 nitrogen and oxygen atoms in total. The number of carbonyl (C=O) groups excluding carboxylic acids is 1. The van der Waals surface area contributed by atoms with Crippen LogP contribution < -0.4 is 4.74 Å². The summed E-state index contributed by atoms with van der Waals surface area (Å²) in [5, 5.41) is 0. The lowest BCUT2D eigenvalue weighted by atomic mass is 10.0. The van der Waals surface area contributed by atoms with E-state index in [1.807, 2.05) is 17.9 Å². The van der Waals surface area contributed by atoms with Crippen molar-refractivity contribution in [2.45, 2.75) is 38.5 Å². The number of carbonyl (C=O) groups is 1. The maximum Gasteiger partial charge on any atom is 0.248 e. The van der Waals surface area contributed by atoms with Gasteiger partial charge in [0, 0.05) is 31.9 Å². The molecule has 160 valence electrons. The van der Waals surface area contributed by atoms with Crippen molar-refractivity contribution in [2.75, 3.05) is 32.8 Å². The molecule has 2 fully saturated rings. The number of aryl methyl sites for hydroxylation is 1. The number of hydrogen-bond acceptors (Lipinski definition) is 6. The zero-order valence-electron chi connectivity index (χ0n) is 17.2. The third-order valence-corrected chi connectivity index (χ3v) is 5.63. The minimum absolute atomic E-state index is 0.0397. The third kappa shape index (κ3) is 5.31. The first kappa shape index (κ1) is 20.7. The van der Waals surface area contributed by atoms with Gasteiger partial charge in [-0.15, -0.1) is 0 Å². The average molecular weight is 414 g/mol. The van der Waals surface area contributed by atoms with Gasteiger partial charge in [0.05, 0.1) is 12.2 Å². The van der Waals surface area contributed by atoms with Crippen molar-refractivity contribution >= 4 is 5.91 Å². The Bertz CT molecular complexity index is 856. The van der Waals surface area contributed by atoms with Crippen molar-refractivity contribution in [1.82, 2.24) is 19.8 Å². The summed E-state index contributed by atoms with van der Waals surface area (Å²) in [7, 11) is 0. The lowest BCUT2D eigenvalue weighted by Crippen LogP contribution is -2.55. The van der Waals surface area contributed by atoms with Crippen molar-refractivity contribution in [3.8, 4) is 5.75 Å². The molecule has 0 radical (unpaired) electrons. The van der Waals surface area contributed by atoms with Gasteiger partial charge in [0.15, 0.2) is 0 Å². The minimum Gasteiger partial charge on any atom is -0.491 e. The fraction of sp³-hybridized carbons (Fsp3) is 0.500. The highest BCUT2D eigenvalue weighted by atomic mass is 19.1. The molecule has 1 unspecified atom stereocenters. The van der Waals surface area contributed by atoms with Gasteiger partial charge in [-0.05, 0) is 50.1 Å². The summed E-state index contributed by atoms with van der Waals surface area (Å²) in [6.45, 7) is 5.50. The molecule has 2 aromatic rings. The van der Waals surface area contributed by atoms with E-state index in [2.05, 4.69) is 14.9 Å². The molecule has 0 spiro atoms. The second kappa shape index (κ2) is 9.49. The number of hydrogen-bond donors (Lipinski definition) is 0. The van der Waals surface area contributed by atoms with E-state index in [-0.39, 0.29) is 30.5 Å². The molecule has 2 saturated heterocycles. The van der Waals surface area contributed by atoms with Crippen LogP contribution in [0, 0.1) is 12.7 Å². The largest absolute Gasteiger partial charge is 0.491 e. The maximum atomic E-state index is 13.0. The van der Waals surface area contributed by atoms with Crippen LogP contribution in [-0.4, -0.2) is 70.7 Å². The molecule has 1 amide bonds. The number of benzene rings is 1. The summed E-state index contributed by atoms with van der Waals surface area (Å²) >= 11 is 0. The van der Waals surface area contributed by atoms with Gasteiger partial charge in [0.25, 0.3) is 0 Å². The van der Waals surface area contributed by atoms with Crippen LogP contribution in [0.1, 0.15) is 24.4 Å². The van der Waals surface area contributed by atoms with Crippen molar-refractivity contribution < 1.29 is 18.7 Å². The molecule has 1 aromatic carbocycles. The van der Waals surface area contributed by atoms with E-state index in [0.29, 0.717) is 18.9 Å². The van der Waals surface area contributed by atoms with Crippen molar-refractivity contribution in [2.24, 2.45) is 0 Å². The quantitative estimate of drug-likeness (QED) is 0.722. The highest BCUT2D eigenvalue weighted by Crippen LogP contribution is 2.22. The van der Waals surface area contributed by atoms with E-state index in [1.54, 1.807) is 18.3 Å². The highest BCUT2D eigenvalue weighted by molar-refractivity contribution is 5.78. The second-order valence-corrected chi connectivity index (χ2v) is 7.85.